The summed E-state index contributed by atoms with van der Waals surface area (Å²) in [5, 5.41) is 8.99. The van der Waals surface area contributed by atoms with Gasteiger partial charge in [0.05, 0.1) is 29.9 Å². The van der Waals surface area contributed by atoms with E-state index in [2.05, 4.69) is 35.7 Å². The van der Waals surface area contributed by atoms with Gasteiger partial charge >= 0.3 is 0 Å². The molecule has 5 amide bonds. The van der Waals surface area contributed by atoms with Crippen LogP contribution >= 0.6 is 23.4 Å². The number of rotatable bonds is 15. The number of benzene rings is 3. The Bertz CT molecular complexity index is 2460. The van der Waals surface area contributed by atoms with E-state index in [-0.39, 0.29) is 41.7 Å². The lowest BCUT2D eigenvalue weighted by atomic mass is 10.0. The first-order chi connectivity index (χ1) is 31.0. The Morgan fingerprint density at radius 2 is 1.83 bits per heavy atom. The minimum Gasteiger partial charge on any atom is -0.494 e. The number of methoxy groups -OCH3 is 1. The molecule has 0 saturated carbocycles. The summed E-state index contributed by atoms with van der Waals surface area (Å²) in [4.78, 5) is 81.1. The van der Waals surface area contributed by atoms with Crippen molar-refractivity contribution in [1.29, 1.82) is 0 Å². The number of likely N-dealkylation sites (tertiary alicyclic amines) is 1. The fourth-order valence-corrected chi connectivity index (χ4v) is 9.73. The zero-order valence-corrected chi connectivity index (χ0v) is 36.9. The van der Waals surface area contributed by atoms with Crippen LogP contribution in [0, 0.1) is 5.82 Å². The van der Waals surface area contributed by atoms with Crippen molar-refractivity contribution in [1.82, 2.24) is 34.9 Å². The molecule has 336 valence electrons. The maximum Gasteiger partial charge on any atom is 0.255 e. The molecular formula is C45H49ClFN9O7S. The molecule has 3 N–H and O–H groups in total. The van der Waals surface area contributed by atoms with Crippen molar-refractivity contribution < 1.29 is 37.8 Å². The summed E-state index contributed by atoms with van der Waals surface area (Å²) < 4.78 is 25.1. The number of aromatic nitrogens is 2. The normalized spacial score (nSPS) is 18.7. The first-order valence-corrected chi connectivity index (χ1v) is 22.6. The third-order valence-corrected chi connectivity index (χ3v) is 13.4. The number of piperidine rings is 2. The highest BCUT2D eigenvalue weighted by molar-refractivity contribution is 7.99. The molecule has 8 rings (SSSR count). The molecule has 1 aromatic heterocycles. The second-order valence-corrected chi connectivity index (χ2v) is 17.5. The van der Waals surface area contributed by atoms with Gasteiger partial charge in [0.15, 0.2) is 0 Å². The van der Waals surface area contributed by atoms with Gasteiger partial charge in [-0.2, -0.15) is 0 Å². The standard InChI is InChI=1S/C45H49ClFN9O7S/c1-62-38-24-35-31(43(49-27-48-35)50-28-7-8-34(47)33(46)22-28)23-36(38)51-40(57)6-3-13-53-14-11-29(12-15-53)54-16-18-55(19-17-54)42(59)26-63-20-21-64-39-5-2-4-30-32(39)25-56(45(30)61)37-9-10-41(58)52-44(37)60/h2-8,22-24,27,29,37H,9-21,25-26H2,1H3,(H,51,57)(H,48,49,50)(H,52,58,60)/b6-3+. The van der Waals surface area contributed by atoms with Gasteiger partial charge < -0.3 is 29.9 Å². The van der Waals surface area contributed by atoms with Gasteiger partial charge in [0.1, 0.15) is 36.4 Å². The lowest BCUT2D eigenvalue weighted by Gasteiger charge is -2.42. The first-order valence-electron chi connectivity index (χ1n) is 21.3. The number of imide groups is 1. The number of hydrogen-bond acceptors (Lipinski definition) is 13. The predicted molar refractivity (Wildman–Crippen MR) is 240 cm³/mol. The van der Waals surface area contributed by atoms with Crippen LogP contribution in [0.1, 0.15) is 41.6 Å². The lowest BCUT2D eigenvalue weighted by molar-refractivity contribution is -0.138. The van der Waals surface area contributed by atoms with Crippen molar-refractivity contribution in [3.8, 4) is 5.75 Å². The molecule has 0 aliphatic carbocycles. The molecule has 3 saturated heterocycles. The fourth-order valence-electron chi connectivity index (χ4n) is 8.60. The molecule has 4 aromatic rings. The molecule has 5 heterocycles. The minimum absolute atomic E-state index is 0.0112. The number of piperazine rings is 1. The van der Waals surface area contributed by atoms with E-state index in [4.69, 9.17) is 21.1 Å². The predicted octanol–water partition coefficient (Wildman–Crippen LogP) is 4.85. The molecule has 16 nitrogen and oxygen atoms in total. The van der Waals surface area contributed by atoms with Crippen molar-refractivity contribution >= 4 is 81.0 Å². The summed E-state index contributed by atoms with van der Waals surface area (Å²) in [6.07, 6.45) is 7.31. The lowest BCUT2D eigenvalue weighted by Crippen LogP contribution is -2.54. The summed E-state index contributed by atoms with van der Waals surface area (Å²) in [5.74, 6) is -0.324. The van der Waals surface area contributed by atoms with Crippen LogP contribution in [0.15, 0.2) is 71.9 Å². The molecule has 4 aliphatic heterocycles. The summed E-state index contributed by atoms with van der Waals surface area (Å²) >= 11 is 7.52. The van der Waals surface area contributed by atoms with E-state index in [1.54, 1.807) is 40.9 Å². The van der Waals surface area contributed by atoms with Gasteiger partial charge in [-0.1, -0.05) is 23.7 Å². The van der Waals surface area contributed by atoms with Crippen LogP contribution < -0.4 is 20.7 Å². The Morgan fingerprint density at radius 1 is 1.02 bits per heavy atom. The number of ether oxygens (including phenoxy) is 2. The van der Waals surface area contributed by atoms with Crippen LogP contribution in [0.25, 0.3) is 10.9 Å². The maximum atomic E-state index is 13.7. The zero-order chi connectivity index (χ0) is 44.7. The van der Waals surface area contributed by atoms with Gasteiger partial charge in [-0.25, -0.2) is 14.4 Å². The highest BCUT2D eigenvalue weighted by atomic mass is 35.5. The highest BCUT2D eigenvalue weighted by Crippen LogP contribution is 2.36. The molecule has 1 unspecified atom stereocenters. The number of carbonyl (C=O) groups is 5. The number of carbonyl (C=O) groups excluding carboxylic acids is 5. The number of nitrogens with one attached hydrogen (secondary N) is 3. The van der Waals surface area contributed by atoms with E-state index in [0.29, 0.717) is 90.4 Å². The fraction of sp³-hybridized carbons (Fsp3) is 0.400. The minimum atomic E-state index is -0.659. The van der Waals surface area contributed by atoms with Gasteiger partial charge in [0, 0.05) is 91.2 Å². The average molecular weight is 914 g/mol. The summed E-state index contributed by atoms with van der Waals surface area (Å²) in [5.41, 5.74) is 3.02. The van der Waals surface area contributed by atoms with E-state index in [1.165, 1.54) is 31.6 Å². The second kappa shape index (κ2) is 20.5. The molecule has 3 aromatic carbocycles. The van der Waals surface area contributed by atoms with Crippen molar-refractivity contribution in [2.75, 3.05) is 82.5 Å². The van der Waals surface area contributed by atoms with Crippen LogP contribution in [0.2, 0.25) is 5.02 Å². The van der Waals surface area contributed by atoms with E-state index in [1.807, 2.05) is 23.1 Å². The summed E-state index contributed by atoms with van der Waals surface area (Å²) in [6, 6.07) is 13.0. The van der Waals surface area contributed by atoms with Crippen molar-refractivity contribution in [2.45, 2.75) is 49.2 Å². The third kappa shape index (κ3) is 10.5. The Hall–Kier alpha value is -5.66. The molecule has 1 atom stereocenters. The number of amides is 5. The summed E-state index contributed by atoms with van der Waals surface area (Å²) in [6.45, 7) is 6.04. The molecule has 64 heavy (non-hydrogen) atoms. The van der Waals surface area contributed by atoms with Crippen LogP contribution in [-0.2, 0) is 30.5 Å². The highest BCUT2D eigenvalue weighted by Gasteiger charge is 2.40. The van der Waals surface area contributed by atoms with Crippen LogP contribution in [0.4, 0.5) is 21.6 Å². The number of thioether (sulfide) groups is 1. The van der Waals surface area contributed by atoms with Crippen molar-refractivity contribution in [3.63, 3.8) is 0 Å². The van der Waals surface area contributed by atoms with Crippen LogP contribution in [-0.4, -0.2) is 143 Å². The monoisotopic (exact) mass is 913 g/mol. The van der Waals surface area contributed by atoms with Crippen molar-refractivity contribution in [2.24, 2.45) is 0 Å². The zero-order valence-electron chi connectivity index (χ0n) is 35.3. The van der Waals surface area contributed by atoms with E-state index in [0.717, 1.165) is 49.5 Å². The van der Waals surface area contributed by atoms with E-state index >= 15 is 0 Å². The van der Waals surface area contributed by atoms with Gasteiger partial charge in [-0.05, 0) is 74.3 Å². The average Bonchev–Trinajstić information content (AvgIpc) is 3.63. The van der Waals surface area contributed by atoms with Gasteiger partial charge in [0.2, 0.25) is 23.6 Å². The van der Waals surface area contributed by atoms with Gasteiger partial charge in [-0.15, -0.1) is 11.8 Å². The largest absolute Gasteiger partial charge is 0.494 e. The number of nitrogens with zero attached hydrogens (tertiary/aromatic N) is 6. The molecule has 4 aliphatic rings. The number of halogens is 2. The van der Waals surface area contributed by atoms with Gasteiger partial charge in [0.25, 0.3) is 5.91 Å². The molecule has 19 heteroatoms. The van der Waals surface area contributed by atoms with E-state index in [9.17, 15) is 28.4 Å². The maximum absolute atomic E-state index is 13.7. The molecule has 0 radical (unpaired) electrons. The number of fused-ring (bicyclic) bond motifs is 2. The number of anilines is 3. The first kappa shape index (κ1) is 44.9. The quantitative estimate of drug-likeness (QED) is 0.0639. The van der Waals surface area contributed by atoms with Crippen LogP contribution in [0.5, 0.6) is 5.75 Å². The molecule has 3 fully saturated rings. The van der Waals surface area contributed by atoms with Gasteiger partial charge in [-0.3, -0.25) is 39.1 Å². The SMILES string of the molecule is COc1cc2ncnc(Nc3ccc(F)c(Cl)c3)c2cc1NC(=O)/C=C/CN1CCC(N2CCN(C(=O)COCCSc3cccc4c3CN(C3CCC(=O)NC3=O)C4=O)CC2)CC1. The molecule has 0 bridgehead atoms. The topological polar surface area (TPSA) is 179 Å². The Balaban J connectivity index is 0.727. The van der Waals surface area contributed by atoms with E-state index < -0.39 is 17.8 Å². The molecular weight excluding hydrogens is 865 g/mol. The molecule has 0 spiro atoms. The summed E-state index contributed by atoms with van der Waals surface area (Å²) in [7, 11) is 1.52. The Kier molecular flexibility index (Phi) is 14.4. The smallest absolute Gasteiger partial charge is 0.255 e. The Labute approximate surface area is 378 Å². The number of hydrogen-bond donors (Lipinski definition) is 3. The third-order valence-electron chi connectivity index (χ3n) is 12.0. The van der Waals surface area contributed by atoms with Crippen LogP contribution in [0.3, 0.4) is 0 Å². The second-order valence-electron chi connectivity index (χ2n) is 16.0. The van der Waals surface area contributed by atoms with Crippen molar-refractivity contribution in [3.05, 3.63) is 89.0 Å². The Morgan fingerprint density at radius 3 is 2.59 bits per heavy atom.